The number of carbonyl (C=O) groups excluding carboxylic acids is 2. The van der Waals surface area contributed by atoms with Crippen LogP contribution in [-0.4, -0.2) is 18.4 Å². The maximum Gasteiger partial charge on any atom is 0.255 e. The van der Waals surface area contributed by atoms with E-state index in [1.807, 2.05) is 25.1 Å². The third kappa shape index (κ3) is 5.13. The molecule has 0 aliphatic heterocycles. The molecule has 6 heteroatoms. The van der Waals surface area contributed by atoms with E-state index in [0.717, 1.165) is 28.6 Å². The lowest BCUT2D eigenvalue weighted by Crippen LogP contribution is -2.16. The number of anilines is 2. The Kier molecular flexibility index (Phi) is 6.39. The molecule has 2 amide bonds. The van der Waals surface area contributed by atoms with E-state index < -0.39 is 0 Å². The third-order valence-corrected chi connectivity index (χ3v) is 5.17. The van der Waals surface area contributed by atoms with Gasteiger partial charge in [-0.25, -0.2) is 0 Å². The van der Waals surface area contributed by atoms with Crippen LogP contribution in [0.5, 0.6) is 5.75 Å². The molecule has 2 aromatic rings. The van der Waals surface area contributed by atoms with Gasteiger partial charge in [-0.2, -0.15) is 0 Å². The molecule has 0 saturated heterocycles. The molecule has 5 nitrogen and oxygen atoms in total. The number of amides is 2. The average molecular weight is 445 g/mol. The Labute approximate surface area is 174 Å². The monoisotopic (exact) mass is 444 g/mol. The molecule has 0 unspecified atom stereocenters. The molecule has 0 heterocycles. The molecule has 2 aromatic carbocycles. The van der Waals surface area contributed by atoms with E-state index in [0.29, 0.717) is 29.5 Å². The van der Waals surface area contributed by atoms with E-state index >= 15 is 0 Å². The van der Waals surface area contributed by atoms with Crippen molar-refractivity contribution in [2.75, 3.05) is 17.2 Å². The number of nitrogens with one attached hydrogen (secondary N) is 2. The van der Waals surface area contributed by atoms with Crippen LogP contribution < -0.4 is 15.4 Å². The molecule has 1 aliphatic rings. The quantitative estimate of drug-likeness (QED) is 0.600. The van der Waals surface area contributed by atoms with Crippen molar-refractivity contribution in [1.29, 1.82) is 0 Å². The third-order valence-electron chi connectivity index (χ3n) is 4.55. The summed E-state index contributed by atoms with van der Waals surface area (Å²) in [5.74, 6) is 1.10. The van der Waals surface area contributed by atoms with Gasteiger partial charge in [0.25, 0.3) is 5.91 Å². The summed E-state index contributed by atoms with van der Waals surface area (Å²) in [6, 6.07) is 10.8. The number of ether oxygens (including phenoxy) is 1. The second-order valence-electron chi connectivity index (χ2n) is 7.55. The molecular formula is C22H25BrN2O3. The summed E-state index contributed by atoms with van der Waals surface area (Å²) in [6.45, 7) is 6.66. The molecular weight excluding hydrogens is 420 g/mol. The van der Waals surface area contributed by atoms with Gasteiger partial charge in [0.1, 0.15) is 5.75 Å². The Balaban J connectivity index is 1.70. The number of hydrogen-bond donors (Lipinski definition) is 2. The van der Waals surface area contributed by atoms with Crippen molar-refractivity contribution in [3.8, 4) is 5.75 Å². The first-order chi connectivity index (χ1) is 13.3. The molecule has 1 saturated carbocycles. The largest absolute Gasteiger partial charge is 0.492 e. The lowest BCUT2D eigenvalue weighted by Gasteiger charge is -2.14. The fraction of sp³-hybridized carbons (Fsp3) is 0.364. The van der Waals surface area contributed by atoms with Gasteiger partial charge in [-0.3, -0.25) is 9.59 Å². The van der Waals surface area contributed by atoms with Crippen LogP contribution in [0.1, 0.15) is 42.6 Å². The SMILES string of the molecule is Cc1c(NC(=O)c2ccc(OCC(C)C)c(Br)c2)cccc1NC(=O)C1CC1. The minimum Gasteiger partial charge on any atom is -0.492 e. The predicted octanol–water partition coefficient (Wildman–Crippen LogP) is 5.39. The van der Waals surface area contributed by atoms with Crippen LogP contribution in [0.25, 0.3) is 0 Å². The van der Waals surface area contributed by atoms with Crippen LogP contribution in [0, 0.1) is 18.8 Å². The smallest absolute Gasteiger partial charge is 0.255 e. The van der Waals surface area contributed by atoms with Crippen LogP contribution in [-0.2, 0) is 4.79 Å². The van der Waals surface area contributed by atoms with Crippen molar-refractivity contribution in [3.05, 3.63) is 52.0 Å². The number of carbonyl (C=O) groups is 2. The maximum atomic E-state index is 12.7. The van der Waals surface area contributed by atoms with Crippen molar-refractivity contribution in [3.63, 3.8) is 0 Å². The number of hydrogen-bond acceptors (Lipinski definition) is 3. The molecule has 0 radical (unpaired) electrons. The zero-order valence-electron chi connectivity index (χ0n) is 16.3. The number of rotatable bonds is 7. The Morgan fingerprint density at radius 1 is 1.14 bits per heavy atom. The number of benzene rings is 2. The maximum absolute atomic E-state index is 12.7. The average Bonchev–Trinajstić information content (AvgIpc) is 3.49. The Morgan fingerprint density at radius 2 is 1.82 bits per heavy atom. The highest BCUT2D eigenvalue weighted by atomic mass is 79.9. The van der Waals surface area contributed by atoms with Gasteiger partial charge in [0, 0.05) is 22.9 Å². The predicted molar refractivity (Wildman–Crippen MR) is 115 cm³/mol. The lowest BCUT2D eigenvalue weighted by atomic mass is 10.1. The van der Waals surface area contributed by atoms with E-state index in [4.69, 9.17) is 4.74 Å². The summed E-state index contributed by atoms with van der Waals surface area (Å²) in [5.41, 5.74) is 2.76. The molecule has 2 N–H and O–H groups in total. The van der Waals surface area contributed by atoms with Gasteiger partial charge in [0.15, 0.2) is 0 Å². The summed E-state index contributed by atoms with van der Waals surface area (Å²) in [4.78, 5) is 24.7. The minimum atomic E-state index is -0.218. The second kappa shape index (κ2) is 8.78. The van der Waals surface area contributed by atoms with Crippen LogP contribution >= 0.6 is 15.9 Å². The van der Waals surface area contributed by atoms with Crippen molar-refractivity contribution in [2.45, 2.75) is 33.6 Å². The van der Waals surface area contributed by atoms with Crippen molar-refractivity contribution in [1.82, 2.24) is 0 Å². The molecule has 0 aromatic heterocycles. The Bertz CT molecular complexity index is 891. The highest BCUT2D eigenvalue weighted by Crippen LogP contribution is 2.32. The minimum absolute atomic E-state index is 0.0486. The lowest BCUT2D eigenvalue weighted by molar-refractivity contribution is -0.117. The van der Waals surface area contributed by atoms with E-state index in [-0.39, 0.29) is 17.7 Å². The molecule has 3 rings (SSSR count). The Hall–Kier alpha value is -2.34. The molecule has 28 heavy (non-hydrogen) atoms. The van der Waals surface area contributed by atoms with Gasteiger partial charge < -0.3 is 15.4 Å². The molecule has 0 bridgehead atoms. The van der Waals surface area contributed by atoms with Gasteiger partial charge in [0.2, 0.25) is 5.91 Å². The first kappa shape index (κ1) is 20.4. The van der Waals surface area contributed by atoms with Gasteiger partial charge in [-0.15, -0.1) is 0 Å². The molecule has 1 aliphatic carbocycles. The summed E-state index contributed by atoms with van der Waals surface area (Å²) in [7, 11) is 0. The molecule has 148 valence electrons. The van der Waals surface area contributed by atoms with E-state index in [2.05, 4.69) is 40.4 Å². The summed E-state index contributed by atoms with van der Waals surface area (Å²) < 4.78 is 6.47. The fourth-order valence-corrected chi connectivity index (χ4v) is 3.19. The first-order valence-electron chi connectivity index (χ1n) is 9.49. The van der Waals surface area contributed by atoms with Crippen LogP contribution in [0.2, 0.25) is 0 Å². The van der Waals surface area contributed by atoms with Gasteiger partial charge in [-0.05, 0) is 77.5 Å². The van der Waals surface area contributed by atoms with E-state index in [9.17, 15) is 9.59 Å². The Morgan fingerprint density at radius 3 is 2.43 bits per heavy atom. The summed E-state index contributed by atoms with van der Waals surface area (Å²) in [5, 5.41) is 5.88. The van der Waals surface area contributed by atoms with Gasteiger partial charge in [-0.1, -0.05) is 19.9 Å². The van der Waals surface area contributed by atoms with Crippen LogP contribution in [0.3, 0.4) is 0 Å². The van der Waals surface area contributed by atoms with E-state index in [1.165, 1.54) is 0 Å². The topological polar surface area (TPSA) is 67.4 Å². The summed E-state index contributed by atoms with van der Waals surface area (Å²) >= 11 is 3.47. The normalized spacial score (nSPS) is 13.3. The van der Waals surface area contributed by atoms with E-state index in [1.54, 1.807) is 18.2 Å². The van der Waals surface area contributed by atoms with Gasteiger partial charge in [0.05, 0.1) is 11.1 Å². The highest BCUT2D eigenvalue weighted by molar-refractivity contribution is 9.10. The zero-order chi connectivity index (χ0) is 20.3. The van der Waals surface area contributed by atoms with Crippen molar-refractivity contribution < 1.29 is 14.3 Å². The van der Waals surface area contributed by atoms with Gasteiger partial charge >= 0.3 is 0 Å². The standard InChI is InChI=1S/C22H25BrN2O3/c1-13(2)12-28-20-10-9-16(11-17(20)23)22(27)25-19-6-4-5-18(14(19)3)24-21(26)15-7-8-15/h4-6,9-11,13,15H,7-8,12H2,1-3H3,(H,24,26)(H,25,27). The molecule has 0 atom stereocenters. The van der Waals surface area contributed by atoms with Crippen molar-refractivity contribution >= 4 is 39.1 Å². The zero-order valence-corrected chi connectivity index (χ0v) is 17.9. The van der Waals surface area contributed by atoms with Crippen LogP contribution in [0.15, 0.2) is 40.9 Å². The highest BCUT2D eigenvalue weighted by Gasteiger charge is 2.29. The number of halogens is 1. The van der Waals surface area contributed by atoms with Crippen molar-refractivity contribution in [2.24, 2.45) is 11.8 Å². The molecule has 1 fully saturated rings. The first-order valence-corrected chi connectivity index (χ1v) is 10.3. The molecule has 0 spiro atoms. The second-order valence-corrected chi connectivity index (χ2v) is 8.40. The van der Waals surface area contributed by atoms with Crippen LogP contribution in [0.4, 0.5) is 11.4 Å². The summed E-state index contributed by atoms with van der Waals surface area (Å²) in [6.07, 6.45) is 1.90. The fourth-order valence-electron chi connectivity index (χ4n) is 2.70.